The summed E-state index contributed by atoms with van der Waals surface area (Å²) in [7, 11) is 4.97. The van der Waals surface area contributed by atoms with Gasteiger partial charge in [-0.25, -0.2) is 9.78 Å². The van der Waals surface area contributed by atoms with Crippen molar-refractivity contribution in [3.05, 3.63) is 22.0 Å². The van der Waals surface area contributed by atoms with Gasteiger partial charge in [-0.2, -0.15) is 4.98 Å². The molecule has 1 N–H and O–H groups in total. The molecule has 0 aliphatic heterocycles. The molecular weight excluding hydrogens is 276 g/mol. The zero-order valence-electron chi connectivity index (χ0n) is 12.3. The van der Waals surface area contributed by atoms with Gasteiger partial charge in [-0.05, 0) is 6.92 Å². The highest BCUT2D eigenvalue weighted by atomic mass is 16.5. The average molecular weight is 292 g/mol. The Morgan fingerprint density at radius 1 is 1.38 bits per heavy atom. The van der Waals surface area contributed by atoms with Crippen LogP contribution in [0.3, 0.4) is 0 Å². The van der Waals surface area contributed by atoms with E-state index >= 15 is 0 Å². The fourth-order valence-corrected chi connectivity index (χ4v) is 1.79. The second-order valence-electron chi connectivity index (χ2n) is 4.40. The topological polar surface area (TPSA) is 97.4 Å². The molecule has 0 unspecified atom stereocenters. The summed E-state index contributed by atoms with van der Waals surface area (Å²) in [5.41, 5.74) is -0.325. The minimum atomic E-state index is -0.690. The van der Waals surface area contributed by atoms with Crippen molar-refractivity contribution in [2.45, 2.75) is 6.92 Å². The lowest BCUT2D eigenvalue weighted by Gasteiger charge is -2.14. The minimum absolute atomic E-state index is 0.0602. The Kier molecular flexibility index (Phi) is 4.06. The number of ether oxygens (including phenoxy) is 2. The van der Waals surface area contributed by atoms with E-state index < -0.39 is 11.4 Å². The molecule has 112 valence electrons. The van der Waals surface area contributed by atoms with Gasteiger partial charge in [-0.1, -0.05) is 0 Å². The molecule has 2 heterocycles. The van der Waals surface area contributed by atoms with E-state index in [0.717, 1.165) is 0 Å². The molecule has 0 aliphatic carbocycles. The zero-order valence-corrected chi connectivity index (χ0v) is 12.3. The van der Waals surface area contributed by atoms with E-state index in [2.05, 4.69) is 15.0 Å². The van der Waals surface area contributed by atoms with Gasteiger partial charge >= 0.3 is 5.97 Å². The average Bonchev–Trinajstić information content (AvgIpc) is 2.46. The number of carbonyl (C=O) groups is 1. The molecule has 0 saturated heterocycles. The van der Waals surface area contributed by atoms with Crippen molar-refractivity contribution in [3.8, 4) is 5.88 Å². The van der Waals surface area contributed by atoms with Crippen LogP contribution in [0.4, 0.5) is 5.82 Å². The van der Waals surface area contributed by atoms with Crippen molar-refractivity contribution in [3.63, 3.8) is 0 Å². The van der Waals surface area contributed by atoms with Gasteiger partial charge in [0, 0.05) is 20.3 Å². The highest BCUT2D eigenvalue weighted by Gasteiger charge is 2.18. The summed E-state index contributed by atoms with van der Waals surface area (Å²) >= 11 is 0. The van der Waals surface area contributed by atoms with Crippen LogP contribution in [0.1, 0.15) is 17.3 Å². The van der Waals surface area contributed by atoms with Crippen LogP contribution in [0, 0.1) is 0 Å². The molecule has 0 amide bonds. The number of pyridine rings is 1. The normalized spacial score (nSPS) is 10.5. The molecule has 0 fully saturated rings. The number of nitrogens with one attached hydrogen (secondary N) is 1. The Labute approximate surface area is 120 Å². The standard InChI is InChI=1S/C13H16N4O4/c1-5-21-13(19)7-6-14-10-8(9(7)18)15-11(17(2)3)12(16-10)20-4/h6H,5H2,1-4H3,(H,14,16,18). The van der Waals surface area contributed by atoms with Gasteiger partial charge in [0.25, 0.3) is 5.88 Å². The largest absolute Gasteiger partial charge is 0.478 e. The van der Waals surface area contributed by atoms with Crippen molar-refractivity contribution in [2.75, 3.05) is 32.7 Å². The van der Waals surface area contributed by atoms with Crippen molar-refractivity contribution in [1.82, 2.24) is 15.0 Å². The first-order chi connectivity index (χ1) is 9.99. The van der Waals surface area contributed by atoms with Crippen LogP contribution in [0.15, 0.2) is 11.0 Å². The summed E-state index contributed by atoms with van der Waals surface area (Å²) < 4.78 is 9.98. The van der Waals surface area contributed by atoms with E-state index in [1.807, 2.05) is 0 Å². The Bertz CT molecular complexity index is 739. The first kappa shape index (κ1) is 14.8. The van der Waals surface area contributed by atoms with Gasteiger partial charge < -0.3 is 19.4 Å². The second kappa shape index (κ2) is 5.78. The molecule has 2 aromatic rings. The fraction of sp³-hybridized carbons (Fsp3) is 0.385. The third-order valence-corrected chi connectivity index (χ3v) is 2.77. The van der Waals surface area contributed by atoms with Crippen LogP contribution in [0.5, 0.6) is 5.88 Å². The van der Waals surface area contributed by atoms with Crippen LogP contribution in [0.2, 0.25) is 0 Å². The number of aromatic nitrogens is 3. The maximum absolute atomic E-state index is 12.3. The third kappa shape index (κ3) is 2.64. The summed E-state index contributed by atoms with van der Waals surface area (Å²) in [6.45, 7) is 1.86. The highest BCUT2D eigenvalue weighted by Crippen LogP contribution is 2.23. The van der Waals surface area contributed by atoms with Crippen molar-refractivity contribution in [1.29, 1.82) is 0 Å². The Balaban J connectivity index is 2.69. The number of hydrogen-bond acceptors (Lipinski definition) is 7. The summed E-state index contributed by atoms with van der Waals surface area (Å²) in [6, 6.07) is 0. The highest BCUT2D eigenvalue weighted by molar-refractivity contribution is 5.92. The number of anilines is 1. The van der Waals surface area contributed by atoms with E-state index in [0.29, 0.717) is 5.82 Å². The fourth-order valence-electron chi connectivity index (χ4n) is 1.79. The van der Waals surface area contributed by atoms with Gasteiger partial charge in [0.15, 0.2) is 17.0 Å². The number of aromatic amines is 1. The monoisotopic (exact) mass is 292 g/mol. The SMILES string of the molecule is CCOC(=O)c1c[nH]c2nc(OC)c(N(C)C)nc2c1=O. The molecule has 2 rings (SSSR count). The van der Waals surface area contributed by atoms with Crippen molar-refractivity contribution in [2.24, 2.45) is 0 Å². The van der Waals surface area contributed by atoms with E-state index in [1.54, 1.807) is 25.9 Å². The number of fused-ring (bicyclic) bond motifs is 1. The van der Waals surface area contributed by atoms with Crippen LogP contribution >= 0.6 is 0 Å². The molecule has 0 spiro atoms. The molecule has 0 radical (unpaired) electrons. The Morgan fingerprint density at radius 3 is 2.67 bits per heavy atom. The molecule has 0 aliphatic rings. The predicted octanol–water partition coefficient (Wildman–Crippen LogP) is 0.569. The Morgan fingerprint density at radius 2 is 2.10 bits per heavy atom. The number of rotatable bonds is 4. The first-order valence-electron chi connectivity index (χ1n) is 6.31. The number of carbonyl (C=O) groups excluding carboxylic acids is 1. The van der Waals surface area contributed by atoms with Gasteiger partial charge in [0.2, 0.25) is 5.43 Å². The van der Waals surface area contributed by atoms with Gasteiger partial charge in [0.1, 0.15) is 5.56 Å². The molecular formula is C13H16N4O4. The van der Waals surface area contributed by atoms with Crippen molar-refractivity contribution >= 4 is 23.0 Å². The lowest BCUT2D eigenvalue weighted by atomic mass is 10.2. The lowest BCUT2D eigenvalue weighted by molar-refractivity contribution is 0.0524. The first-order valence-corrected chi connectivity index (χ1v) is 6.31. The molecule has 2 aromatic heterocycles. The van der Waals surface area contributed by atoms with Gasteiger partial charge in [-0.3, -0.25) is 4.79 Å². The summed E-state index contributed by atoms with van der Waals surface area (Å²) in [4.78, 5) is 36.9. The maximum atomic E-state index is 12.3. The predicted molar refractivity (Wildman–Crippen MR) is 77.0 cm³/mol. The second-order valence-corrected chi connectivity index (χ2v) is 4.40. The third-order valence-electron chi connectivity index (χ3n) is 2.77. The zero-order chi connectivity index (χ0) is 15.6. The van der Waals surface area contributed by atoms with Crippen LogP contribution in [-0.2, 0) is 4.74 Å². The van der Waals surface area contributed by atoms with Crippen LogP contribution < -0.4 is 15.1 Å². The smallest absolute Gasteiger partial charge is 0.343 e. The van der Waals surface area contributed by atoms with E-state index in [4.69, 9.17) is 9.47 Å². The summed E-state index contributed by atoms with van der Waals surface area (Å²) in [6.07, 6.45) is 1.27. The van der Waals surface area contributed by atoms with E-state index in [-0.39, 0.29) is 29.2 Å². The number of nitrogens with zero attached hydrogens (tertiary/aromatic N) is 3. The molecule has 8 nitrogen and oxygen atoms in total. The molecule has 0 saturated carbocycles. The minimum Gasteiger partial charge on any atom is -0.478 e. The van der Waals surface area contributed by atoms with Crippen LogP contribution in [0.25, 0.3) is 11.2 Å². The van der Waals surface area contributed by atoms with Gasteiger partial charge in [0.05, 0.1) is 13.7 Å². The molecule has 0 atom stereocenters. The quantitative estimate of drug-likeness (QED) is 0.823. The number of H-pyrrole nitrogens is 1. The van der Waals surface area contributed by atoms with Crippen molar-refractivity contribution < 1.29 is 14.3 Å². The number of methoxy groups -OCH3 is 1. The molecule has 21 heavy (non-hydrogen) atoms. The summed E-state index contributed by atoms with van der Waals surface area (Å²) in [5.74, 6) is -0.00628. The van der Waals surface area contributed by atoms with E-state index in [9.17, 15) is 9.59 Å². The molecule has 8 heteroatoms. The molecule has 0 bridgehead atoms. The number of hydrogen-bond donors (Lipinski definition) is 1. The maximum Gasteiger partial charge on any atom is 0.343 e. The van der Waals surface area contributed by atoms with E-state index in [1.165, 1.54) is 13.3 Å². The lowest BCUT2D eigenvalue weighted by Crippen LogP contribution is -2.21. The number of esters is 1. The molecule has 0 aromatic carbocycles. The summed E-state index contributed by atoms with van der Waals surface area (Å²) in [5, 5.41) is 0. The van der Waals surface area contributed by atoms with Gasteiger partial charge in [-0.15, -0.1) is 0 Å². The Hall–Kier alpha value is -2.64. The van der Waals surface area contributed by atoms with Crippen LogP contribution in [-0.4, -0.2) is 48.7 Å².